The van der Waals surface area contributed by atoms with Crippen LogP contribution in [-0.4, -0.2) is 51.8 Å². The normalized spacial score (nSPS) is 13.0. The largest absolute Gasteiger partial charge is 0.459 e. The number of esters is 2. The third kappa shape index (κ3) is 25.6. The van der Waals surface area contributed by atoms with Crippen LogP contribution in [0.4, 0.5) is 26.3 Å². The van der Waals surface area contributed by atoms with E-state index in [9.17, 15) is 35.9 Å². The third-order valence-corrected chi connectivity index (χ3v) is 4.86. The lowest BCUT2D eigenvalue weighted by molar-refractivity contribution is -0.245. The number of para-hydroxylation sites is 1. The molecule has 258 valence electrons. The van der Waals surface area contributed by atoms with Gasteiger partial charge < -0.3 is 19.7 Å². The van der Waals surface area contributed by atoms with E-state index in [1.165, 1.54) is 19.3 Å². The molecule has 44 heavy (non-hydrogen) atoms. The summed E-state index contributed by atoms with van der Waals surface area (Å²) in [6, 6.07) is 8.92. The van der Waals surface area contributed by atoms with E-state index in [2.05, 4.69) is 13.2 Å². The van der Waals surface area contributed by atoms with Crippen molar-refractivity contribution >= 4 is 11.9 Å². The van der Waals surface area contributed by atoms with Crippen LogP contribution in [0.3, 0.4) is 0 Å². The summed E-state index contributed by atoms with van der Waals surface area (Å²) in [7, 11) is 0. The Morgan fingerprint density at radius 2 is 1.02 bits per heavy atom. The Kier molecular flexibility index (Phi) is 25.7. The number of carbonyl (C=O) groups excluding carboxylic acids is 2. The molecule has 1 saturated carbocycles. The number of carbonyl (C=O) groups is 2. The Labute approximate surface area is 259 Å². The van der Waals surface area contributed by atoms with Gasteiger partial charge in [-0.1, -0.05) is 65.5 Å². The number of hydrogen-bond donors (Lipinski definition) is 2. The van der Waals surface area contributed by atoms with E-state index in [1.54, 1.807) is 38.1 Å². The lowest BCUT2D eigenvalue weighted by Crippen LogP contribution is -2.38. The zero-order chi connectivity index (χ0) is 35.9. The molecule has 12 heteroatoms. The first kappa shape index (κ1) is 48.1. The van der Waals surface area contributed by atoms with Gasteiger partial charge in [0, 0.05) is 11.1 Å². The fraction of sp³-hybridized carbons (Fsp3) is 0.625. The van der Waals surface area contributed by atoms with Gasteiger partial charge >= 0.3 is 24.3 Å². The highest BCUT2D eigenvalue weighted by Gasteiger charge is 2.46. The van der Waals surface area contributed by atoms with Crippen molar-refractivity contribution in [2.75, 3.05) is 0 Å². The zero-order valence-corrected chi connectivity index (χ0v) is 27.7. The van der Waals surface area contributed by atoms with E-state index in [4.69, 9.17) is 19.7 Å². The highest BCUT2D eigenvalue weighted by molar-refractivity contribution is 5.88. The maximum Gasteiger partial charge on any atom is 0.416 e. The summed E-state index contributed by atoms with van der Waals surface area (Å²) in [6.45, 7) is 21.1. The molecule has 6 nitrogen and oxygen atoms in total. The van der Waals surface area contributed by atoms with Gasteiger partial charge in [-0.05, 0) is 79.4 Å². The van der Waals surface area contributed by atoms with Crippen molar-refractivity contribution in [2.24, 2.45) is 0 Å². The molecule has 1 fully saturated rings. The molecular weight excluding hydrogens is 594 g/mol. The molecule has 1 aromatic rings. The van der Waals surface area contributed by atoms with Gasteiger partial charge in [-0.2, -0.15) is 26.3 Å². The molecule has 0 atom stereocenters. The van der Waals surface area contributed by atoms with Crippen LogP contribution >= 0.6 is 0 Å². The van der Waals surface area contributed by atoms with Crippen LogP contribution in [-0.2, 0) is 14.3 Å². The summed E-state index contributed by atoms with van der Waals surface area (Å²) >= 11 is 0. The number of alkyl halides is 6. The van der Waals surface area contributed by atoms with Gasteiger partial charge in [-0.25, -0.2) is 9.59 Å². The number of rotatable bonds is 4. The molecule has 0 bridgehead atoms. The van der Waals surface area contributed by atoms with E-state index in [0.29, 0.717) is 44.6 Å². The van der Waals surface area contributed by atoms with Gasteiger partial charge in [-0.3, -0.25) is 0 Å². The molecule has 0 aromatic heterocycles. The second-order valence-electron chi connectivity index (χ2n) is 10.0. The van der Waals surface area contributed by atoms with Crippen LogP contribution in [0, 0.1) is 0 Å². The standard InChI is InChI=1S/C10H16O2.C10H10O2.2C4H7F3O.2C2H6/c2*1-8(2)10(11)12-9-6-4-3-5-7-9;2*1-3(2,8)4(5,6)7;2*1-2/h9H,1,3-7H2,2H3;3-7H,1H2,2H3;2*8H,1-2H3;2*1-2H3. The minimum atomic E-state index is -4.51. The quantitative estimate of drug-likeness (QED) is 0.147. The Morgan fingerprint density at radius 3 is 1.30 bits per heavy atom. The molecular formula is C32H52F6O6. The van der Waals surface area contributed by atoms with E-state index < -0.39 is 23.6 Å². The van der Waals surface area contributed by atoms with Crippen LogP contribution in [0.15, 0.2) is 54.6 Å². The van der Waals surface area contributed by atoms with Crippen molar-refractivity contribution < 1.29 is 55.6 Å². The third-order valence-electron chi connectivity index (χ3n) is 4.86. The molecule has 0 saturated heterocycles. The first-order valence-corrected chi connectivity index (χ1v) is 14.3. The van der Waals surface area contributed by atoms with E-state index >= 15 is 0 Å². The lowest BCUT2D eigenvalue weighted by atomic mass is 9.98. The molecule has 0 radical (unpaired) electrons. The number of ether oxygens (including phenoxy) is 2. The van der Waals surface area contributed by atoms with Crippen molar-refractivity contribution in [2.45, 2.75) is 131 Å². The molecule has 0 heterocycles. The SMILES string of the molecule is C=C(C)C(=O)OC1CCCCC1.C=C(C)C(=O)Oc1ccccc1.CC.CC.CC(C)(O)C(F)(F)F.CC(C)(O)C(F)(F)F. The molecule has 2 rings (SSSR count). The van der Waals surface area contributed by atoms with Gasteiger partial charge in [0.2, 0.25) is 0 Å². The molecule has 0 unspecified atom stereocenters. The molecule has 1 aromatic carbocycles. The van der Waals surface area contributed by atoms with Crippen molar-refractivity contribution in [1.82, 2.24) is 0 Å². The van der Waals surface area contributed by atoms with Crippen molar-refractivity contribution in [3.8, 4) is 5.75 Å². The van der Waals surface area contributed by atoms with Crippen molar-refractivity contribution in [1.29, 1.82) is 0 Å². The monoisotopic (exact) mass is 646 g/mol. The topological polar surface area (TPSA) is 93.1 Å². The predicted molar refractivity (Wildman–Crippen MR) is 162 cm³/mol. The van der Waals surface area contributed by atoms with Crippen molar-refractivity contribution in [3.05, 3.63) is 54.6 Å². The predicted octanol–water partition coefficient (Wildman–Crippen LogP) is 9.30. The number of hydrogen-bond acceptors (Lipinski definition) is 6. The summed E-state index contributed by atoms with van der Waals surface area (Å²) in [6.07, 6.45) is -3.15. The Morgan fingerprint density at radius 1 is 0.705 bits per heavy atom. The first-order valence-electron chi connectivity index (χ1n) is 14.3. The number of aliphatic hydroxyl groups is 2. The average molecular weight is 647 g/mol. The Bertz CT molecular complexity index is 874. The highest BCUT2D eigenvalue weighted by Crippen LogP contribution is 2.29. The average Bonchev–Trinajstić information content (AvgIpc) is 2.91. The lowest BCUT2D eigenvalue weighted by Gasteiger charge is -2.21. The van der Waals surface area contributed by atoms with Gasteiger partial charge in [0.05, 0.1) is 0 Å². The minimum absolute atomic E-state index is 0.156. The summed E-state index contributed by atoms with van der Waals surface area (Å²) in [5, 5.41) is 16.5. The fourth-order valence-corrected chi connectivity index (χ4v) is 2.12. The second kappa shape index (κ2) is 23.5. The molecule has 1 aliphatic rings. The van der Waals surface area contributed by atoms with Gasteiger partial charge in [-0.15, -0.1) is 0 Å². The zero-order valence-electron chi connectivity index (χ0n) is 27.7. The second-order valence-corrected chi connectivity index (χ2v) is 10.0. The molecule has 0 spiro atoms. The van der Waals surface area contributed by atoms with Gasteiger partial charge in [0.25, 0.3) is 0 Å². The minimum Gasteiger partial charge on any atom is -0.459 e. The summed E-state index contributed by atoms with van der Waals surface area (Å²) in [5.41, 5.74) is -4.22. The van der Waals surface area contributed by atoms with E-state index in [1.807, 2.05) is 33.8 Å². The van der Waals surface area contributed by atoms with Crippen molar-refractivity contribution in [3.63, 3.8) is 0 Å². The molecule has 0 aliphatic heterocycles. The molecule has 0 amide bonds. The summed E-state index contributed by atoms with van der Waals surface area (Å²) in [4.78, 5) is 22.1. The molecule has 2 N–H and O–H groups in total. The highest BCUT2D eigenvalue weighted by atomic mass is 19.4. The fourth-order valence-electron chi connectivity index (χ4n) is 2.12. The summed E-state index contributed by atoms with van der Waals surface area (Å²) in [5.74, 6) is -0.0754. The number of halogens is 6. The van der Waals surface area contributed by atoms with Gasteiger partial charge in [0.15, 0.2) is 11.2 Å². The van der Waals surface area contributed by atoms with Crippen LogP contribution in [0.1, 0.15) is 101 Å². The maximum atomic E-state index is 11.3. The van der Waals surface area contributed by atoms with Crippen LogP contribution < -0.4 is 4.74 Å². The molecule has 1 aliphatic carbocycles. The summed E-state index contributed by atoms with van der Waals surface area (Å²) < 4.78 is 78.0. The van der Waals surface area contributed by atoms with Crippen LogP contribution in [0.25, 0.3) is 0 Å². The van der Waals surface area contributed by atoms with Crippen LogP contribution in [0.5, 0.6) is 5.75 Å². The smallest absolute Gasteiger partial charge is 0.416 e. The van der Waals surface area contributed by atoms with Gasteiger partial charge in [0.1, 0.15) is 11.9 Å². The van der Waals surface area contributed by atoms with E-state index in [0.717, 1.165) is 12.8 Å². The first-order chi connectivity index (χ1) is 19.9. The van der Waals surface area contributed by atoms with Crippen LogP contribution in [0.2, 0.25) is 0 Å². The Hall–Kier alpha value is -2.86. The van der Waals surface area contributed by atoms with E-state index in [-0.39, 0.29) is 18.0 Å². The number of benzene rings is 1. The maximum absolute atomic E-state index is 11.3. The Balaban J connectivity index is -0.000000237.